The lowest BCUT2D eigenvalue weighted by molar-refractivity contribution is 0.0465. The summed E-state index contributed by atoms with van der Waals surface area (Å²) >= 11 is 11.6. The van der Waals surface area contributed by atoms with Crippen LogP contribution in [0.3, 0.4) is 0 Å². The van der Waals surface area contributed by atoms with Gasteiger partial charge in [0.15, 0.2) is 0 Å². The van der Waals surface area contributed by atoms with Crippen molar-refractivity contribution in [3.05, 3.63) is 64.0 Å². The average Bonchev–Trinajstić information content (AvgIpc) is 2.86. The first-order valence-electron chi connectivity index (χ1n) is 6.32. The first kappa shape index (κ1) is 14.7. The molecule has 7 heteroatoms. The third-order valence-electron chi connectivity index (χ3n) is 3.00. The van der Waals surface area contributed by atoms with Gasteiger partial charge in [-0.3, -0.25) is 0 Å². The Morgan fingerprint density at radius 2 is 1.95 bits per heavy atom. The van der Waals surface area contributed by atoms with Crippen LogP contribution in [0.2, 0.25) is 10.0 Å². The van der Waals surface area contributed by atoms with Crippen LogP contribution in [0.4, 0.5) is 0 Å². The van der Waals surface area contributed by atoms with Gasteiger partial charge < -0.3 is 14.2 Å². The van der Waals surface area contributed by atoms with Crippen molar-refractivity contribution in [2.75, 3.05) is 0 Å². The van der Waals surface area contributed by atoms with E-state index in [1.54, 1.807) is 28.9 Å². The largest absolute Gasteiger partial charge is 0.507 e. The van der Waals surface area contributed by atoms with E-state index in [4.69, 9.17) is 27.9 Å². The van der Waals surface area contributed by atoms with Crippen LogP contribution in [0.5, 0.6) is 5.75 Å². The number of pyridine rings is 1. The van der Waals surface area contributed by atoms with Crippen LogP contribution in [-0.4, -0.2) is 20.5 Å². The zero-order valence-corrected chi connectivity index (χ0v) is 12.7. The molecule has 1 N–H and O–H groups in total. The van der Waals surface area contributed by atoms with E-state index in [2.05, 4.69) is 4.98 Å². The van der Waals surface area contributed by atoms with Gasteiger partial charge in [-0.05, 0) is 30.3 Å². The minimum atomic E-state index is -0.649. The molecule has 2 aromatic heterocycles. The first-order valence-corrected chi connectivity index (χ1v) is 7.07. The Balaban J connectivity index is 1.74. The number of ether oxygens (including phenoxy) is 1. The number of rotatable bonds is 3. The van der Waals surface area contributed by atoms with Gasteiger partial charge in [0.1, 0.15) is 23.6 Å². The fourth-order valence-electron chi connectivity index (χ4n) is 1.98. The summed E-state index contributed by atoms with van der Waals surface area (Å²) in [7, 11) is 0. The van der Waals surface area contributed by atoms with Gasteiger partial charge >= 0.3 is 5.97 Å². The molecule has 0 saturated heterocycles. The van der Waals surface area contributed by atoms with E-state index in [-0.39, 0.29) is 17.9 Å². The van der Waals surface area contributed by atoms with Crippen molar-refractivity contribution in [1.29, 1.82) is 0 Å². The number of phenolic OH excluding ortho intramolecular Hbond substituents is 1. The molecule has 3 rings (SSSR count). The summed E-state index contributed by atoms with van der Waals surface area (Å²) in [6, 6.07) is 7.68. The smallest absolute Gasteiger partial charge is 0.342 e. The van der Waals surface area contributed by atoms with Crippen molar-refractivity contribution >= 4 is 34.8 Å². The highest BCUT2D eigenvalue weighted by molar-refractivity contribution is 6.31. The van der Waals surface area contributed by atoms with Crippen molar-refractivity contribution in [3.8, 4) is 5.75 Å². The number of hydrogen-bond donors (Lipinski definition) is 1. The Morgan fingerprint density at radius 1 is 1.18 bits per heavy atom. The maximum absolute atomic E-state index is 11.9. The predicted molar refractivity (Wildman–Crippen MR) is 82.4 cm³/mol. The fourth-order valence-corrected chi connectivity index (χ4v) is 2.32. The van der Waals surface area contributed by atoms with Crippen molar-refractivity contribution < 1.29 is 14.6 Å². The molecular weight excluding hydrogens is 327 g/mol. The number of aromatic nitrogens is 2. The normalized spacial score (nSPS) is 10.8. The number of hydrogen-bond acceptors (Lipinski definition) is 4. The number of phenols is 1. The minimum Gasteiger partial charge on any atom is -0.507 e. The van der Waals surface area contributed by atoms with Crippen LogP contribution >= 0.6 is 23.2 Å². The Labute approximate surface area is 135 Å². The van der Waals surface area contributed by atoms with Gasteiger partial charge in [-0.2, -0.15) is 0 Å². The number of carbonyl (C=O) groups excluding carboxylic acids is 1. The molecule has 0 aliphatic rings. The second-order valence-electron chi connectivity index (χ2n) is 4.58. The Kier molecular flexibility index (Phi) is 3.92. The zero-order chi connectivity index (χ0) is 15.7. The fraction of sp³-hybridized carbons (Fsp3) is 0.0667. The molecule has 5 nitrogen and oxygen atoms in total. The maximum Gasteiger partial charge on any atom is 0.342 e. The molecule has 0 saturated carbocycles. The van der Waals surface area contributed by atoms with Gasteiger partial charge in [-0.15, -0.1) is 0 Å². The molecule has 0 amide bonds. The molecule has 0 unspecified atom stereocenters. The molecule has 1 aromatic carbocycles. The molecule has 0 bridgehead atoms. The molecule has 0 atom stereocenters. The number of aromatic hydroxyl groups is 1. The van der Waals surface area contributed by atoms with E-state index in [9.17, 15) is 9.90 Å². The second kappa shape index (κ2) is 5.87. The molecule has 3 aromatic rings. The third-order valence-corrected chi connectivity index (χ3v) is 3.45. The second-order valence-corrected chi connectivity index (χ2v) is 5.46. The van der Waals surface area contributed by atoms with Gasteiger partial charge in [-0.1, -0.05) is 23.2 Å². The molecule has 2 heterocycles. The van der Waals surface area contributed by atoms with Crippen LogP contribution in [-0.2, 0) is 11.3 Å². The highest BCUT2D eigenvalue weighted by Crippen LogP contribution is 2.23. The lowest BCUT2D eigenvalue weighted by atomic mass is 10.2. The SMILES string of the molecule is O=C(OCc1cn2cc(Cl)ccc2n1)c1ccc(Cl)cc1O. The maximum atomic E-state index is 11.9. The summed E-state index contributed by atoms with van der Waals surface area (Å²) in [6.07, 6.45) is 3.43. The minimum absolute atomic E-state index is 0.0137. The molecule has 0 fully saturated rings. The highest BCUT2D eigenvalue weighted by Gasteiger charge is 2.14. The summed E-state index contributed by atoms with van der Waals surface area (Å²) in [4.78, 5) is 16.2. The van der Waals surface area contributed by atoms with Crippen molar-refractivity contribution in [3.63, 3.8) is 0 Å². The predicted octanol–water partition coefficient (Wildman–Crippen LogP) is 3.70. The van der Waals surface area contributed by atoms with Gasteiger partial charge in [0.05, 0.1) is 10.7 Å². The zero-order valence-electron chi connectivity index (χ0n) is 11.2. The van der Waals surface area contributed by atoms with Gasteiger partial charge in [-0.25, -0.2) is 9.78 Å². The summed E-state index contributed by atoms with van der Waals surface area (Å²) in [5.74, 6) is -0.872. The number of carbonyl (C=O) groups is 1. The number of benzene rings is 1. The summed E-state index contributed by atoms with van der Waals surface area (Å²) in [5.41, 5.74) is 1.32. The molecule has 0 radical (unpaired) electrons. The van der Waals surface area contributed by atoms with Crippen LogP contribution in [0.15, 0.2) is 42.7 Å². The van der Waals surface area contributed by atoms with E-state index < -0.39 is 5.97 Å². The first-order chi connectivity index (χ1) is 10.5. The number of nitrogens with zero attached hydrogens (tertiary/aromatic N) is 2. The standard InChI is InChI=1S/C15H10Cl2N2O3/c16-9-1-3-12(13(20)5-9)15(21)22-8-11-7-19-6-10(17)2-4-14(19)18-11/h1-7,20H,8H2. The Hall–Kier alpha value is -2.24. The number of imidazole rings is 1. The molecule has 22 heavy (non-hydrogen) atoms. The van der Waals surface area contributed by atoms with E-state index in [1.165, 1.54) is 18.2 Å². The molecule has 0 aliphatic heterocycles. The molecule has 0 spiro atoms. The van der Waals surface area contributed by atoms with Crippen molar-refractivity contribution in [1.82, 2.24) is 9.38 Å². The summed E-state index contributed by atoms with van der Waals surface area (Å²) in [5, 5.41) is 10.6. The number of halogens is 2. The summed E-state index contributed by atoms with van der Waals surface area (Å²) < 4.78 is 6.89. The van der Waals surface area contributed by atoms with Crippen LogP contribution in [0, 0.1) is 0 Å². The Bertz CT molecular complexity index is 861. The molecular formula is C15H10Cl2N2O3. The van der Waals surface area contributed by atoms with Gasteiger partial charge in [0, 0.05) is 17.4 Å². The molecule has 112 valence electrons. The van der Waals surface area contributed by atoms with Crippen LogP contribution in [0.25, 0.3) is 5.65 Å². The number of esters is 1. The lowest BCUT2D eigenvalue weighted by Gasteiger charge is -2.05. The van der Waals surface area contributed by atoms with E-state index in [0.717, 1.165) is 0 Å². The average molecular weight is 337 g/mol. The van der Waals surface area contributed by atoms with Crippen LogP contribution in [0.1, 0.15) is 16.1 Å². The van der Waals surface area contributed by atoms with Gasteiger partial charge in [0.25, 0.3) is 0 Å². The summed E-state index contributed by atoms with van der Waals surface area (Å²) in [6.45, 7) is -0.0137. The topological polar surface area (TPSA) is 63.8 Å². The monoisotopic (exact) mass is 336 g/mol. The van der Waals surface area contributed by atoms with E-state index in [1.807, 2.05) is 0 Å². The lowest BCUT2D eigenvalue weighted by Crippen LogP contribution is -2.05. The van der Waals surface area contributed by atoms with E-state index >= 15 is 0 Å². The Morgan fingerprint density at radius 3 is 2.73 bits per heavy atom. The van der Waals surface area contributed by atoms with Crippen molar-refractivity contribution in [2.45, 2.75) is 6.61 Å². The quantitative estimate of drug-likeness (QED) is 0.740. The van der Waals surface area contributed by atoms with Crippen LogP contribution < -0.4 is 0 Å². The van der Waals surface area contributed by atoms with Gasteiger partial charge in [0.2, 0.25) is 0 Å². The van der Waals surface area contributed by atoms with E-state index in [0.29, 0.717) is 21.4 Å². The molecule has 0 aliphatic carbocycles. The van der Waals surface area contributed by atoms with Crippen molar-refractivity contribution in [2.24, 2.45) is 0 Å². The third kappa shape index (κ3) is 3.00. The highest BCUT2D eigenvalue weighted by atomic mass is 35.5. The number of fused-ring (bicyclic) bond motifs is 1.